The summed E-state index contributed by atoms with van der Waals surface area (Å²) >= 11 is 0. The van der Waals surface area contributed by atoms with Crippen LogP contribution in [0.2, 0.25) is 0 Å². The molecule has 0 saturated heterocycles. The molecule has 152 valence electrons. The van der Waals surface area contributed by atoms with E-state index in [4.69, 9.17) is 4.74 Å². The van der Waals surface area contributed by atoms with Gasteiger partial charge in [-0.25, -0.2) is 17.2 Å². The van der Waals surface area contributed by atoms with E-state index in [0.717, 1.165) is 15.1 Å². The minimum Gasteiger partial charge on any atom is -0.461 e. The first-order valence-electron chi connectivity index (χ1n) is 9.37. The highest BCUT2D eigenvalue weighted by atomic mass is 32.2. The summed E-state index contributed by atoms with van der Waals surface area (Å²) in [5.74, 6) is -0.662. The van der Waals surface area contributed by atoms with Crippen LogP contribution < -0.4 is 5.32 Å². The minimum absolute atomic E-state index is 0.0213. The molecule has 0 aliphatic rings. The van der Waals surface area contributed by atoms with Crippen LogP contribution in [-0.2, 0) is 27.8 Å². The SMILES string of the molecule is CCOC(=O)c1c(CNCc2ccccc2)ccn1S(=O)(=O)c1ccc(C)cc1. The third-order valence-electron chi connectivity index (χ3n) is 4.47. The highest BCUT2D eigenvalue weighted by Crippen LogP contribution is 2.21. The molecule has 7 heteroatoms. The number of hydrogen-bond acceptors (Lipinski definition) is 5. The highest BCUT2D eigenvalue weighted by Gasteiger charge is 2.26. The molecule has 1 aromatic heterocycles. The standard InChI is InChI=1S/C22H24N2O4S/c1-3-28-22(25)21-19(16-23-15-18-7-5-4-6-8-18)13-14-24(21)29(26,27)20-11-9-17(2)10-12-20/h4-14,23H,3,15-16H2,1-2H3. The van der Waals surface area contributed by atoms with Crippen LogP contribution in [0.3, 0.4) is 0 Å². The summed E-state index contributed by atoms with van der Waals surface area (Å²) in [6.45, 7) is 4.66. The lowest BCUT2D eigenvalue weighted by Gasteiger charge is -2.12. The Hall–Kier alpha value is -2.90. The fourth-order valence-electron chi connectivity index (χ4n) is 2.98. The Morgan fingerprint density at radius 1 is 1.00 bits per heavy atom. The summed E-state index contributed by atoms with van der Waals surface area (Å²) in [5.41, 5.74) is 2.63. The van der Waals surface area contributed by atoms with Crippen molar-refractivity contribution in [1.82, 2.24) is 9.29 Å². The molecular formula is C22H24N2O4S. The van der Waals surface area contributed by atoms with Crippen molar-refractivity contribution in [2.75, 3.05) is 6.61 Å². The monoisotopic (exact) mass is 412 g/mol. The zero-order chi connectivity index (χ0) is 20.9. The first-order chi connectivity index (χ1) is 13.9. The van der Waals surface area contributed by atoms with Crippen LogP contribution in [0.25, 0.3) is 0 Å². The second-order valence-corrected chi connectivity index (χ2v) is 8.43. The number of rotatable bonds is 8. The summed E-state index contributed by atoms with van der Waals surface area (Å²) in [4.78, 5) is 12.7. The molecule has 0 radical (unpaired) electrons. The number of esters is 1. The molecule has 0 spiro atoms. The van der Waals surface area contributed by atoms with Gasteiger partial charge in [0.25, 0.3) is 10.0 Å². The Morgan fingerprint density at radius 2 is 1.69 bits per heavy atom. The third kappa shape index (κ3) is 4.75. The van der Waals surface area contributed by atoms with Crippen molar-refractivity contribution in [3.8, 4) is 0 Å². The number of nitrogens with zero attached hydrogens (tertiary/aromatic N) is 1. The van der Waals surface area contributed by atoms with Gasteiger partial charge >= 0.3 is 5.97 Å². The smallest absolute Gasteiger partial charge is 0.356 e. The van der Waals surface area contributed by atoms with Crippen molar-refractivity contribution < 1.29 is 17.9 Å². The number of ether oxygens (including phenoxy) is 1. The summed E-state index contributed by atoms with van der Waals surface area (Å²) in [6, 6.07) is 18.0. The molecule has 0 aliphatic carbocycles. The average Bonchev–Trinajstić information content (AvgIpc) is 3.14. The van der Waals surface area contributed by atoms with Gasteiger partial charge in [0.05, 0.1) is 11.5 Å². The molecule has 0 bridgehead atoms. The van der Waals surface area contributed by atoms with E-state index >= 15 is 0 Å². The van der Waals surface area contributed by atoms with E-state index in [1.54, 1.807) is 25.1 Å². The van der Waals surface area contributed by atoms with E-state index in [1.165, 1.54) is 18.3 Å². The lowest BCUT2D eigenvalue weighted by Crippen LogP contribution is -2.22. The Morgan fingerprint density at radius 3 is 2.34 bits per heavy atom. The molecule has 6 nitrogen and oxygen atoms in total. The average molecular weight is 413 g/mol. The van der Waals surface area contributed by atoms with Crippen LogP contribution in [0.5, 0.6) is 0 Å². The molecule has 1 N–H and O–H groups in total. The van der Waals surface area contributed by atoms with Crippen molar-refractivity contribution in [1.29, 1.82) is 0 Å². The van der Waals surface area contributed by atoms with Crippen molar-refractivity contribution in [2.45, 2.75) is 31.8 Å². The van der Waals surface area contributed by atoms with Crippen molar-refractivity contribution in [3.05, 3.63) is 89.2 Å². The normalized spacial score (nSPS) is 11.4. The van der Waals surface area contributed by atoms with Crippen molar-refractivity contribution in [2.24, 2.45) is 0 Å². The number of hydrogen-bond donors (Lipinski definition) is 1. The zero-order valence-electron chi connectivity index (χ0n) is 16.5. The van der Waals surface area contributed by atoms with Gasteiger partial charge in [-0.05, 0) is 43.2 Å². The van der Waals surface area contributed by atoms with E-state index in [2.05, 4.69) is 5.32 Å². The van der Waals surface area contributed by atoms with Crippen LogP contribution in [0, 0.1) is 6.92 Å². The van der Waals surface area contributed by atoms with E-state index < -0.39 is 16.0 Å². The summed E-state index contributed by atoms with van der Waals surface area (Å²) < 4.78 is 32.4. The Kier molecular flexibility index (Phi) is 6.51. The largest absolute Gasteiger partial charge is 0.461 e. The maximum Gasteiger partial charge on any atom is 0.356 e. The number of benzene rings is 2. The van der Waals surface area contributed by atoms with Crippen LogP contribution >= 0.6 is 0 Å². The first-order valence-corrected chi connectivity index (χ1v) is 10.8. The number of carbonyl (C=O) groups excluding carboxylic acids is 1. The van der Waals surface area contributed by atoms with Gasteiger partial charge < -0.3 is 10.1 Å². The number of nitrogens with one attached hydrogen (secondary N) is 1. The zero-order valence-corrected chi connectivity index (χ0v) is 17.3. The maximum atomic E-state index is 13.1. The number of aromatic nitrogens is 1. The maximum absolute atomic E-state index is 13.1. The van der Waals surface area contributed by atoms with Gasteiger partial charge in [0, 0.05) is 19.3 Å². The topological polar surface area (TPSA) is 77.4 Å². The predicted octanol–water partition coefficient (Wildman–Crippen LogP) is 3.50. The van der Waals surface area contributed by atoms with Crippen molar-refractivity contribution >= 4 is 16.0 Å². The molecule has 3 aromatic rings. The van der Waals surface area contributed by atoms with Gasteiger partial charge in [0.1, 0.15) is 5.69 Å². The summed E-state index contributed by atoms with van der Waals surface area (Å²) in [6.07, 6.45) is 1.40. The minimum atomic E-state index is -3.92. The van der Waals surface area contributed by atoms with Gasteiger partial charge in [0.2, 0.25) is 0 Å². The van der Waals surface area contributed by atoms with E-state index in [0.29, 0.717) is 18.7 Å². The van der Waals surface area contributed by atoms with Gasteiger partial charge in [-0.15, -0.1) is 0 Å². The molecule has 0 fully saturated rings. The van der Waals surface area contributed by atoms with Gasteiger partial charge in [-0.1, -0.05) is 48.0 Å². The van der Waals surface area contributed by atoms with Gasteiger partial charge in [0.15, 0.2) is 0 Å². The van der Waals surface area contributed by atoms with Crippen molar-refractivity contribution in [3.63, 3.8) is 0 Å². The second kappa shape index (κ2) is 9.07. The Labute approximate surface area is 171 Å². The molecular weight excluding hydrogens is 388 g/mol. The van der Waals surface area contributed by atoms with Gasteiger partial charge in [-0.3, -0.25) is 0 Å². The lowest BCUT2D eigenvalue weighted by atomic mass is 10.2. The fraction of sp³-hybridized carbons (Fsp3) is 0.227. The van der Waals surface area contributed by atoms with E-state index in [1.807, 2.05) is 37.3 Å². The first kappa shape index (κ1) is 20.8. The predicted molar refractivity (Wildman–Crippen MR) is 111 cm³/mol. The van der Waals surface area contributed by atoms with E-state index in [9.17, 15) is 13.2 Å². The number of aryl methyl sites for hydroxylation is 1. The summed E-state index contributed by atoms with van der Waals surface area (Å²) in [7, 11) is -3.92. The Bertz CT molecular complexity index is 1070. The molecule has 1 heterocycles. The quantitative estimate of drug-likeness (QED) is 0.573. The summed E-state index contributed by atoms with van der Waals surface area (Å²) in [5, 5.41) is 3.25. The third-order valence-corrected chi connectivity index (χ3v) is 6.16. The highest BCUT2D eigenvalue weighted by molar-refractivity contribution is 7.90. The van der Waals surface area contributed by atoms with Crippen LogP contribution in [-0.4, -0.2) is 25.0 Å². The van der Waals surface area contributed by atoms with Crippen LogP contribution in [0.4, 0.5) is 0 Å². The van der Waals surface area contributed by atoms with Gasteiger partial charge in [-0.2, -0.15) is 0 Å². The molecule has 0 unspecified atom stereocenters. The van der Waals surface area contributed by atoms with E-state index in [-0.39, 0.29) is 17.2 Å². The Balaban J connectivity index is 1.91. The molecule has 0 aliphatic heterocycles. The molecule has 0 amide bonds. The van der Waals surface area contributed by atoms with Crippen LogP contribution in [0.1, 0.15) is 34.1 Å². The lowest BCUT2D eigenvalue weighted by molar-refractivity contribution is 0.0516. The van der Waals surface area contributed by atoms with Crippen LogP contribution in [0.15, 0.2) is 71.8 Å². The second-order valence-electron chi connectivity index (χ2n) is 6.61. The molecule has 29 heavy (non-hydrogen) atoms. The molecule has 0 saturated carbocycles. The molecule has 2 aromatic carbocycles. The molecule has 0 atom stereocenters. The fourth-order valence-corrected chi connectivity index (χ4v) is 4.34. The molecule has 3 rings (SSSR count). The number of carbonyl (C=O) groups is 1.